The van der Waals surface area contributed by atoms with Gasteiger partial charge in [0.2, 0.25) is 10.0 Å². The number of sulfonamides is 1. The minimum Gasteiger partial charge on any atom is -0.497 e. The van der Waals surface area contributed by atoms with Crippen LogP contribution in [-0.4, -0.2) is 48.3 Å². The molecule has 0 unspecified atom stereocenters. The van der Waals surface area contributed by atoms with E-state index >= 15 is 0 Å². The van der Waals surface area contributed by atoms with Gasteiger partial charge in [0, 0.05) is 26.3 Å². The van der Waals surface area contributed by atoms with E-state index in [0.717, 1.165) is 0 Å². The molecule has 3 rings (SSSR count). The van der Waals surface area contributed by atoms with Crippen LogP contribution in [-0.2, 0) is 27.9 Å². The Kier molecular flexibility index (Phi) is 4.57. The van der Waals surface area contributed by atoms with Gasteiger partial charge in [0.1, 0.15) is 12.4 Å². The van der Waals surface area contributed by atoms with E-state index < -0.39 is 16.1 Å². The fraction of sp³-hybridized carbons (Fsp3) is 0.467. The third kappa shape index (κ3) is 2.79. The van der Waals surface area contributed by atoms with Gasteiger partial charge >= 0.3 is 0 Å². The van der Waals surface area contributed by atoms with Crippen molar-refractivity contribution in [2.75, 3.05) is 20.8 Å². The van der Waals surface area contributed by atoms with Crippen molar-refractivity contribution in [3.8, 4) is 5.75 Å². The van der Waals surface area contributed by atoms with Crippen LogP contribution in [0, 0.1) is 0 Å². The maximum atomic E-state index is 13.0. The topological polar surface area (TPSA) is 86.6 Å². The van der Waals surface area contributed by atoms with Crippen molar-refractivity contribution in [2.45, 2.75) is 31.0 Å². The monoisotopic (exact) mass is 352 g/mol. The van der Waals surface area contributed by atoms with E-state index in [9.17, 15) is 8.42 Å². The van der Waals surface area contributed by atoms with Crippen LogP contribution in [0.1, 0.15) is 24.6 Å². The zero-order valence-corrected chi connectivity index (χ0v) is 14.7. The standard InChI is InChI=1S/C15H20N4O4S/c1-11-15-17-16-14(10-22-2)18(15)7-8-19(11)24(20,21)13-6-4-5-12(9-13)23-3/h4-6,9,11H,7-8,10H2,1-3H3/t11-/m0/s1. The van der Waals surface area contributed by atoms with Crippen molar-refractivity contribution in [1.82, 2.24) is 19.1 Å². The molecule has 130 valence electrons. The molecule has 1 atom stereocenters. The molecule has 0 saturated heterocycles. The van der Waals surface area contributed by atoms with Crippen LogP contribution in [0.2, 0.25) is 0 Å². The Morgan fingerprint density at radius 3 is 2.75 bits per heavy atom. The molecule has 1 aliphatic heterocycles. The van der Waals surface area contributed by atoms with Gasteiger partial charge in [0.15, 0.2) is 11.6 Å². The van der Waals surface area contributed by atoms with E-state index in [-0.39, 0.29) is 4.90 Å². The Bertz CT molecular complexity index is 834. The zero-order chi connectivity index (χ0) is 17.3. The summed E-state index contributed by atoms with van der Waals surface area (Å²) < 4.78 is 39.6. The summed E-state index contributed by atoms with van der Waals surface area (Å²) >= 11 is 0. The van der Waals surface area contributed by atoms with Crippen molar-refractivity contribution in [1.29, 1.82) is 0 Å². The smallest absolute Gasteiger partial charge is 0.243 e. The molecule has 9 heteroatoms. The summed E-state index contributed by atoms with van der Waals surface area (Å²) in [6, 6.07) is 6.07. The van der Waals surface area contributed by atoms with Crippen molar-refractivity contribution in [2.24, 2.45) is 0 Å². The van der Waals surface area contributed by atoms with Gasteiger partial charge in [-0.05, 0) is 19.1 Å². The van der Waals surface area contributed by atoms with Crippen molar-refractivity contribution < 1.29 is 17.9 Å². The normalized spacial score (nSPS) is 18.4. The Morgan fingerprint density at radius 1 is 1.25 bits per heavy atom. The number of hydrogen-bond donors (Lipinski definition) is 0. The van der Waals surface area contributed by atoms with Crippen LogP contribution in [0.5, 0.6) is 5.75 Å². The van der Waals surface area contributed by atoms with Crippen LogP contribution in [0.4, 0.5) is 0 Å². The average Bonchev–Trinajstić information content (AvgIpc) is 2.99. The van der Waals surface area contributed by atoms with Crippen LogP contribution < -0.4 is 4.74 Å². The molecule has 8 nitrogen and oxygen atoms in total. The number of ether oxygens (including phenoxy) is 2. The molecule has 0 amide bonds. The van der Waals surface area contributed by atoms with E-state index in [2.05, 4.69) is 10.2 Å². The second-order valence-corrected chi connectivity index (χ2v) is 7.42. The van der Waals surface area contributed by atoms with Crippen LogP contribution in [0.15, 0.2) is 29.2 Å². The van der Waals surface area contributed by atoms with Gasteiger partial charge in [-0.15, -0.1) is 10.2 Å². The van der Waals surface area contributed by atoms with Gasteiger partial charge in [-0.1, -0.05) is 6.07 Å². The molecular weight excluding hydrogens is 332 g/mol. The Hall–Kier alpha value is -1.97. The zero-order valence-electron chi connectivity index (χ0n) is 13.8. The second-order valence-electron chi connectivity index (χ2n) is 5.53. The predicted octanol–water partition coefficient (Wildman–Crippen LogP) is 1.20. The van der Waals surface area contributed by atoms with Gasteiger partial charge < -0.3 is 14.0 Å². The number of aromatic nitrogens is 3. The molecule has 1 aromatic heterocycles. The number of methoxy groups -OCH3 is 2. The minimum absolute atomic E-state index is 0.207. The molecule has 2 aromatic rings. The molecule has 0 bridgehead atoms. The lowest BCUT2D eigenvalue weighted by atomic mass is 10.2. The minimum atomic E-state index is -3.65. The summed E-state index contributed by atoms with van der Waals surface area (Å²) in [7, 11) is -0.549. The molecule has 1 aromatic carbocycles. The molecule has 0 radical (unpaired) electrons. The summed E-state index contributed by atoms with van der Waals surface area (Å²) in [5.74, 6) is 1.84. The molecule has 0 aliphatic carbocycles. The highest BCUT2D eigenvalue weighted by atomic mass is 32.2. The van der Waals surface area contributed by atoms with Crippen molar-refractivity contribution in [3.05, 3.63) is 35.9 Å². The molecule has 0 N–H and O–H groups in total. The number of nitrogens with zero attached hydrogens (tertiary/aromatic N) is 4. The SMILES string of the molecule is COCc1nnc2n1CCN(S(=O)(=O)c1cccc(OC)c1)[C@H]2C. The van der Waals surface area contributed by atoms with Gasteiger partial charge in [-0.25, -0.2) is 8.42 Å². The molecule has 0 saturated carbocycles. The summed E-state index contributed by atoms with van der Waals surface area (Å²) in [6.45, 7) is 3.01. The lowest BCUT2D eigenvalue weighted by Crippen LogP contribution is -2.41. The van der Waals surface area contributed by atoms with Gasteiger partial charge in [-0.2, -0.15) is 4.31 Å². The predicted molar refractivity (Wildman–Crippen MR) is 86.0 cm³/mol. The first kappa shape index (κ1) is 16.9. The van der Waals surface area contributed by atoms with Crippen molar-refractivity contribution in [3.63, 3.8) is 0 Å². The number of hydrogen-bond acceptors (Lipinski definition) is 6. The quantitative estimate of drug-likeness (QED) is 0.804. The molecular formula is C15H20N4O4S. The highest BCUT2D eigenvalue weighted by molar-refractivity contribution is 7.89. The fourth-order valence-corrected chi connectivity index (χ4v) is 4.50. The molecule has 2 heterocycles. The van der Waals surface area contributed by atoms with E-state index in [1.54, 1.807) is 25.3 Å². The highest BCUT2D eigenvalue weighted by Crippen LogP contribution is 2.31. The third-order valence-corrected chi connectivity index (χ3v) is 6.09. The number of benzene rings is 1. The molecule has 1 aliphatic rings. The summed E-state index contributed by atoms with van der Waals surface area (Å²) in [4.78, 5) is 0.207. The van der Waals surface area contributed by atoms with E-state index in [1.807, 2.05) is 11.5 Å². The molecule has 0 spiro atoms. The maximum absolute atomic E-state index is 13.0. The van der Waals surface area contributed by atoms with E-state index in [1.165, 1.54) is 17.5 Å². The Morgan fingerprint density at radius 2 is 2.04 bits per heavy atom. The third-order valence-electron chi connectivity index (χ3n) is 4.13. The van der Waals surface area contributed by atoms with Gasteiger partial charge in [0.05, 0.1) is 18.0 Å². The lowest BCUT2D eigenvalue weighted by molar-refractivity contribution is 0.170. The summed E-state index contributed by atoms with van der Waals surface area (Å²) in [5.41, 5.74) is 0. The van der Waals surface area contributed by atoms with Crippen LogP contribution >= 0.6 is 0 Å². The van der Waals surface area contributed by atoms with Crippen molar-refractivity contribution >= 4 is 10.0 Å². The Balaban J connectivity index is 1.94. The highest BCUT2D eigenvalue weighted by Gasteiger charge is 2.36. The largest absolute Gasteiger partial charge is 0.497 e. The first-order valence-corrected chi connectivity index (χ1v) is 9.00. The first-order valence-electron chi connectivity index (χ1n) is 7.56. The van der Waals surface area contributed by atoms with Crippen LogP contribution in [0.25, 0.3) is 0 Å². The van der Waals surface area contributed by atoms with Gasteiger partial charge in [0.25, 0.3) is 0 Å². The van der Waals surface area contributed by atoms with Crippen LogP contribution in [0.3, 0.4) is 0 Å². The number of fused-ring (bicyclic) bond motifs is 1. The molecule has 0 fully saturated rings. The number of rotatable bonds is 5. The Labute approximate surface area is 141 Å². The summed E-state index contributed by atoms with van der Waals surface area (Å²) in [5, 5.41) is 8.25. The fourth-order valence-electron chi connectivity index (χ4n) is 2.88. The second kappa shape index (κ2) is 6.50. The first-order chi connectivity index (χ1) is 11.5. The van der Waals surface area contributed by atoms with E-state index in [0.29, 0.717) is 37.1 Å². The maximum Gasteiger partial charge on any atom is 0.243 e. The summed E-state index contributed by atoms with van der Waals surface area (Å²) in [6.07, 6.45) is 0. The lowest BCUT2D eigenvalue weighted by Gasteiger charge is -2.32. The molecule has 24 heavy (non-hydrogen) atoms. The van der Waals surface area contributed by atoms with E-state index in [4.69, 9.17) is 9.47 Å². The average molecular weight is 352 g/mol. The van der Waals surface area contributed by atoms with Gasteiger partial charge in [-0.3, -0.25) is 0 Å².